The third-order valence-corrected chi connectivity index (χ3v) is 3.17. The zero-order valence-corrected chi connectivity index (χ0v) is 13.2. The van der Waals surface area contributed by atoms with Crippen molar-refractivity contribution in [1.82, 2.24) is 0 Å². The Morgan fingerprint density at radius 2 is 1.73 bits per heavy atom. The number of hydrogen-bond acceptors (Lipinski definition) is 5. The van der Waals surface area contributed by atoms with Crippen LogP contribution in [0.1, 0.15) is 26.3 Å². The summed E-state index contributed by atoms with van der Waals surface area (Å²) in [5.41, 5.74) is 11.7. The number of carboxylic acid groups (broad SMARTS) is 1. The van der Waals surface area contributed by atoms with Crippen LogP contribution < -0.4 is 11.5 Å². The Morgan fingerprint density at radius 3 is 2.18 bits per heavy atom. The van der Waals surface area contributed by atoms with Crippen LogP contribution in [0.4, 0.5) is 0 Å². The number of esters is 1. The SMILES string of the molecule is CC(C)(C)OC(=O)C(Cc1ccccc1)C(N)C(N)C(=O)O. The summed E-state index contributed by atoms with van der Waals surface area (Å²) in [4.78, 5) is 23.4. The van der Waals surface area contributed by atoms with Crippen molar-refractivity contribution >= 4 is 11.9 Å². The number of carboxylic acids is 1. The summed E-state index contributed by atoms with van der Waals surface area (Å²) in [5, 5.41) is 9.02. The zero-order chi connectivity index (χ0) is 16.9. The number of ether oxygens (including phenoxy) is 1. The lowest BCUT2D eigenvalue weighted by Crippen LogP contribution is -2.54. The topological polar surface area (TPSA) is 116 Å². The average molecular weight is 308 g/mol. The van der Waals surface area contributed by atoms with Crippen molar-refractivity contribution in [3.05, 3.63) is 35.9 Å². The second kappa shape index (κ2) is 7.38. The number of rotatable bonds is 6. The van der Waals surface area contributed by atoms with Crippen LogP contribution in [-0.4, -0.2) is 34.7 Å². The van der Waals surface area contributed by atoms with Crippen LogP contribution in [0.15, 0.2) is 30.3 Å². The molecule has 0 bridgehead atoms. The highest BCUT2D eigenvalue weighted by molar-refractivity contribution is 5.79. The van der Waals surface area contributed by atoms with Gasteiger partial charge in [0.2, 0.25) is 0 Å². The largest absolute Gasteiger partial charge is 0.480 e. The lowest BCUT2D eigenvalue weighted by molar-refractivity contribution is -0.161. The van der Waals surface area contributed by atoms with Crippen molar-refractivity contribution in [1.29, 1.82) is 0 Å². The standard InChI is InChI=1S/C16H24N2O4/c1-16(2,3)22-15(21)11(12(17)13(18)14(19)20)9-10-7-5-4-6-8-10/h4-8,11-13H,9,17-18H2,1-3H3,(H,19,20). The smallest absolute Gasteiger partial charge is 0.322 e. The third-order valence-electron chi connectivity index (χ3n) is 3.17. The summed E-state index contributed by atoms with van der Waals surface area (Å²) in [6, 6.07) is 6.85. The number of nitrogens with two attached hydrogens (primary N) is 2. The molecule has 0 heterocycles. The van der Waals surface area contributed by atoms with E-state index in [4.69, 9.17) is 21.3 Å². The van der Waals surface area contributed by atoms with E-state index in [1.54, 1.807) is 20.8 Å². The third kappa shape index (κ3) is 5.46. The van der Waals surface area contributed by atoms with Gasteiger partial charge in [-0.05, 0) is 32.8 Å². The Morgan fingerprint density at radius 1 is 1.18 bits per heavy atom. The molecule has 0 radical (unpaired) electrons. The molecule has 6 nitrogen and oxygen atoms in total. The minimum absolute atomic E-state index is 0.276. The molecule has 0 saturated heterocycles. The van der Waals surface area contributed by atoms with Gasteiger partial charge in [-0.1, -0.05) is 30.3 Å². The molecular formula is C16H24N2O4. The lowest BCUT2D eigenvalue weighted by Gasteiger charge is -2.29. The predicted molar refractivity (Wildman–Crippen MR) is 83.1 cm³/mol. The first-order valence-electron chi connectivity index (χ1n) is 7.12. The lowest BCUT2D eigenvalue weighted by atomic mass is 9.88. The quantitative estimate of drug-likeness (QED) is 0.673. The summed E-state index contributed by atoms with van der Waals surface area (Å²) in [6.07, 6.45) is 0.276. The normalized spacial score (nSPS) is 15.7. The second-order valence-corrected chi connectivity index (χ2v) is 6.27. The molecule has 6 heteroatoms. The van der Waals surface area contributed by atoms with Gasteiger partial charge in [0, 0.05) is 6.04 Å². The molecule has 5 N–H and O–H groups in total. The van der Waals surface area contributed by atoms with E-state index < -0.39 is 35.5 Å². The highest BCUT2D eigenvalue weighted by Crippen LogP contribution is 2.19. The van der Waals surface area contributed by atoms with E-state index in [1.807, 2.05) is 30.3 Å². The van der Waals surface area contributed by atoms with Crippen LogP contribution in [-0.2, 0) is 20.7 Å². The van der Waals surface area contributed by atoms with E-state index in [0.29, 0.717) is 0 Å². The summed E-state index contributed by atoms with van der Waals surface area (Å²) in [7, 11) is 0. The molecule has 3 atom stereocenters. The van der Waals surface area contributed by atoms with Crippen molar-refractivity contribution < 1.29 is 19.4 Å². The van der Waals surface area contributed by atoms with Gasteiger partial charge < -0.3 is 21.3 Å². The van der Waals surface area contributed by atoms with Crippen LogP contribution in [0, 0.1) is 5.92 Å². The van der Waals surface area contributed by atoms with E-state index in [9.17, 15) is 9.59 Å². The molecule has 122 valence electrons. The number of aliphatic carboxylic acids is 1. The van der Waals surface area contributed by atoms with Crippen molar-refractivity contribution in [3.63, 3.8) is 0 Å². The van der Waals surface area contributed by atoms with Gasteiger partial charge in [0.05, 0.1) is 5.92 Å². The van der Waals surface area contributed by atoms with Gasteiger partial charge in [-0.25, -0.2) is 0 Å². The molecule has 0 amide bonds. The molecule has 3 unspecified atom stereocenters. The van der Waals surface area contributed by atoms with Crippen LogP contribution in [0.3, 0.4) is 0 Å². The van der Waals surface area contributed by atoms with Crippen molar-refractivity contribution in [2.24, 2.45) is 17.4 Å². The Kier molecular flexibility index (Phi) is 6.08. The highest BCUT2D eigenvalue weighted by Gasteiger charge is 2.36. The number of carbonyl (C=O) groups excluding carboxylic acids is 1. The Balaban J connectivity index is 2.99. The van der Waals surface area contributed by atoms with Crippen molar-refractivity contribution in [3.8, 4) is 0 Å². The maximum atomic E-state index is 12.4. The predicted octanol–water partition coefficient (Wildman–Crippen LogP) is 0.926. The number of benzene rings is 1. The Hall–Kier alpha value is -1.92. The van der Waals surface area contributed by atoms with Gasteiger partial charge in [-0.15, -0.1) is 0 Å². The molecule has 22 heavy (non-hydrogen) atoms. The van der Waals surface area contributed by atoms with E-state index in [-0.39, 0.29) is 6.42 Å². The molecule has 0 aliphatic heterocycles. The monoisotopic (exact) mass is 308 g/mol. The van der Waals surface area contributed by atoms with E-state index in [0.717, 1.165) is 5.56 Å². The minimum atomic E-state index is -1.33. The van der Waals surface area contributed by atoms with Crippen molar-refractivity contribution in [2.75, 3.05) is 0 Å². The molecule has 0 aliphatic carbocycles. The fourth-order valence-corrected chi connectivity index (χ4v) is 2.04. The molecule has 0 aliphatic rings. The van der Waals surface area contributed by atoms with E-state index in [1.165, 1.54) is 0 Å². The molecule has 0 fully saturated rings. The molecule has 1 aromatic rings. The molecule has 1 rings (SSSR count). The summed E-state index contributed by atoms with van der Waals surface area (Å²) >= 11 is 0. The fraction of sp³-hybridized carbons (Fsp3) is 0.500. The van der Waals surface area contributed by atoms with Gasteiger partial charge in [-0.3, -0.25) is 9.59 Å². The number of hydrogen-bond donors (Lipinski definition) is 3. The van der Waals surface area contributed by atoms with Gasteiger partial charge in [0.15, 0.2) is 0 Å². The van der Waals surface area contributed by atoms with Gasteiger partial charge in [0.25, 0.3) is 0 Å². The first kappa shape index (κ1) is 18.1. The average Bonchev–Trinajstić information content (AvgIpc) is 2.42. The van der Waals surface area contributed by atoms with Crippen LogP contribution in [0.5, 0.6) is 0 Å². The van der Waals surface area contributed by atoms with Crippen LogP contribution >= 0.6 is 0 Å². The maximum absolute atomic E-state index is 12.4. The minimum Gasteiger partial charge on any atom is -0.480 e. The molecule has 1 aromatic carbocycles. The van der Waals surface area contributed by atoms with Gasteiger partial charge in [-0.2, -0.15) is 0 Å². The molecule has 0 spiro atoms. The zero-order valence-electron chi connectivity index (χ0n) is 13.2. The van der Waals surface area contributed by atoms with Crippen molar-refractivity contribution in [2.45, 2.75) is 44.9 Å². The summed E-state index contributed by atoms with van der Waals surface area (Å²) in [6.45, 7) is 5.23. The first-order chi connectivity index (χ1) is 10.1. The summed E-state index contributed by atoms with van der Waals surface area (Å²) in [5.74, 6) is -2.61. The first-order valence-corrected chi connectivity index (χ1v) is 7.12. The summed E-state index contributed by atoms with van der Waals surface area (Å²) < 4.78 is 5.36. The second-order valence-electron chi connectivity index (χ2n) is 6.27. The molecule has 0 saturated carbocycles. The van der Waals surface area contributed by atoms with Crippen LogP contribution in [0.2, 0.25) is 0 Å². The molecular weight excluding hydrogens is 284 g/mol. The Bertz CT molecular complexity index is 511. The van der Waals surface area contributed by atoms with E-state index in [2.05, 4.69) is 0 Å². The molecule has 0 aromatic heterocycles. The van der Waals surface area contributed by atoms with Gasteiger partial charge in [0.1, 0.15) is 11.6 Å². The van der Waals surface area contributed by atoms with E-state index >= 15 is 0 Å². The highest BCUT2D eigenvalue weighted by atomic mass is 16.6. The maximum Gasteiger partial charge on any atom is 0.322 e. The van der Waals surface area contributed by atoms with Gasteiger partial charge >= 0.3 is 11.9 Å². The number of carbonyl (C=O) groups is 2. The fourth-order valence-electron chi connectivity index (χ4n) is 2.04. The van der Waals surface area contributed by atoms with Crippen LogP contribution in [0.25, 0.3) is 0 Å². The Labute approximate surface area is 130 Å².